The number of para-hydroxylation sites is 1. The van der Waals surface area contributed by atoms with E-state index in [1.54, 1.807) is 29.2 Å². The van der Waals surface area contributed by atoms with Crippen LogP contribution in [-0.2, 0) is 4.79 Å². The number of hydrogen-bond acceptors (Lipinski definition) is 3. The third-order valence-corrected chi connectivity index (χ3v) is 4.84. The molecule has 0 spiro atoms. The van der Waals surface area contributed by atoms with E-state index in [1.165, 1.54) is 6.07 Å². The smallest absolute Gasteiger partial charge is 0.264 e. The van der Waals surface area contributed by atoms with Crippen LogP contribution >= 0.6 is 0 Å². The number of halogens is 1. The number of aryl methyl sites for hydroxylation is 2. The first-order valence-corrected chi connectivity index (χ1v) is 8.97. The number of nitriles is 1. The molecule has 1 aliphatic heterocycles. The van der Waals surface area contributed by atoms with Gasteiger partial charge in [0.1, 0.15) is 17.5 Å². The quantitative estimate of drug-likeness (QED) is 0.617. The minimum Gasteiger partial charge on any atom is -0.366 e. The number of piperazine rings is 1. The van der Waals surface area contributed by atoms with Crippen LogP contribution in [0.4, 0.5) is 10.1 Å². The zero-order valence-corrected chi connectivity index (χ0v) is 15.6. The summed E-state index contributed by atoms with van der Waals surface area (Å²) in [6.45, 7) is 5.96. The van der Waals surface area contributed by atoms with Crippen molar-refractivity contribution in [1.82, 2.24) is 4.90 Å². The molecule has 1 heterocycles. The van der Waals surface area contributed by atoms with E-state index in [2.05, 4.69) is 0 Å². The summed E-state index contributed by atoms with van der Waals surface area (Å²) in [5, 5.41) is 9.47. The average molecular weight is 363 g/mol. The summed E-state index contributed by atoms with van der Waals surface area (Å²) in [5.74, 6) is -0.532. The first-order chi connectivity index (χ1) is 13.0. The highest BCUT2D eigenvalue weighted by Crippen LogP contribution is 2.21. The van der Waals surface area contributed by atoms with Gasteiger partial charge < -0.3 is 9.80 Å². The molecule has 0 bridgehead atoms. The molecule has 1 saturated heterocycles. The Morgan fingerprint density at radius 1 is 1.11 bits per heavy atom. The number of carbonyl (C=O) groups excluding carboxylic acids is 1. The number of carbonyl (C=O) groups is 1. The third-order valence-electron chi connectivity index (χ3n) is 4.84. The van der Waals surface area contributed by atoms with E-state index in [1.807, 2.05) is 43.0 Å². The minimum atomic E-state index is -0.273. The van der Waals surface area contributed by atoms with Gasteiger partial charge in [-0.05, 0) is 43.2 Å². The van der Waals surface area contributed by atoms with Crippen LogP contribution in [-0.4, -0.2) is 37.0 Å². The van der Waals surface area contributed by atoms with Gasteiger partial charge in [0.05, 0.1) is 5.69 Å². The summed E-state index contributed by atoms with van der Waals surface area (Å²) in [6.07, 6.45) is 1.65. The lowest BCUT2D eigenvalue weighted by molar-refractivity contribution is -0.126. The fourth-order valence-electron chi connectivity index (χ4n) is 3.31. The van der Waals surface area contributed by atoms with Crippen LogP contribution in [0.15, 0.2) is 48.0 Å². The average Bonchev–Trinajstić information content (AvgIpc) is 2.67. The lowest BCUT2D eigenvalue weighted by atomic mass is 10.0. The number of nitrogens with zero attached hydrogens (tertiary/aromatic N) is 3. The molecule has 4 nitrogen and oxygen atoms in total. The summed E-state index contributed by atoms with van der Waals surface area (Å²) in [7, 11) is 0. The van der Waals surface area contributed by atoms with E-state index in [0.29, 0.717) is 31.9 Å². The molecule has 3 rings (SSSR count). The predicted octanol–water partition coefficient (Wildman–Crippen LogP) is 3.70. The highest BCUT2D eigenvalue weighted by molar-refractivity contribution is 6.02. The van der Waals surface area contributed by atoms with Crippen LogP contribution in [0.2, 0.25) is 0 Å². The predicted molar refractivity (Wildman–Crippen MR) is 105 cm³/mol. The van der Waals surface area contributed by atoms with Gasteiger partial charge in [-0.2, -0.15) is 5.26 Å². The van der Waals surface area contributed by atoms with E-state index < -0.39 is 0 Å². The molecule has 0 N–H and O–H groups in total. The maximum Gasteiger partial charge on any atom is 0.264 e. The van der Waals surface area contributed by atoms with E-state index in [9.17, 15) is 14.4 Å². The molecule has 1 amide bonds. The van der Waals surface area contributed by atoms with E-state index >= 15 is 0 Å². The second-order valence-corrected chi connectivity index (χ2v) is 6.76. The summed E-state index contributed by atoms with van der Waals surface area (Å²) in [5.41, 5.74) is 3.71. The molecule has 0 radical (unpaired) electrons. The molecule has 138 valence electrons. The first kappa shape index (κ1) is 18.7. The largest absolute Gasteiger partial charge is 0.366 e. The number of amides is 1. The van der Waals surface area contributed by atoms with Crippen LogP contribution in [0.1, 0.15) is 16.7 Å². The molecule has 2 aromatic rings. The van der Waals surface area contributed by atoms with Crippen molar-refractivity contribution in [3.05, 3.63) is 70.5 Å². The molecule has 5 heteroatoms. The standard InChI is InChI=1S/C22H22FN3O/c1-16-7-8-18(17(2)13-16)14-19(15-24)22(27)26-11-9-25(10-12-26)21-6-4-3-5-20(21)23/h3-8,13-14H,9-12H2,1-2H3/b19-14+. The fourth-order valence-corrected chi connectivity index (χ4v) is 3.31. The van der Waals surface area contributed by atoms with Gasteiger partial charge in [-0.3, -0.25) is 4.79 Å². The highest BCUT2D eigenvalue weighted by atomic mass is 19.1. The van der Waals surface area contributed by atoms with E-state index in [0.717, 1.165) is 16.7 Å². The van der Waals surface area contributed by atoms with Crippen LogP contribution in [0.3, 0.4) is 0 Å². The van der Waals surface area contributed by atoms with E-state index in [4.69, 9.17) is 0 Å². The lowest BCUT2D eigenvalue weighted by Crippen LogP contribution is -2.49. The van der Waals surface area contributed by atoms with Gasteiger partial charge >= 0.3 is 0 Å². The molecular formula is C22H22FN3O. The first-order valence-electron chi connectivity index (χ1n) is 8.97. The summed E-state index contributed by atoms with van der Waals surface area (Å²) in [6, 6.07) is 14.6. The van der Waals surface area contributed by atoms with Crippen molar-refractivity contribution in [2.75, 3.05) is 31.1 Å². The Hall–Kier alpha value is -3.13. The van der Waals surface area contributed by atoms with E-state index in [-0.39, 0.29) is 17.3 Å². The second kappa shape index (κ2) is 8.05. The van der Waals surface area contributed by atoms with Gasteiger partial charge in [0.15, 0.2) is 0 Å². The highest BCUT2D eigenvalue weighted by Gasteiger charge is 2.25. The Balaban J connectivity index is 1.71. The molecule has 0 unspecified atom stereocenters. The van der Waals surface area contributed by atoms with Crippen molar-refractivity contribution in [1.29, 1.82) is 5.26 Å². The minimum absolute atomic E-state index is 0.126. The topological polar surface area (TPSA) is 47.3 Å². The summed E-state index contributed by atoms with van der Waals surface area (Å²) in [4.78, 5) is 16.4. The summed E-state index contributed by atoms with van der Waals surface area (Å²) < 4.78 is 13.9. The third kappa shape index (κ3) is 4.17. The van der Waals surface area contributed by atoms with Crippen molar-refractivity contribution in [2.24, 2.45) is 0 Å². The molecule has 0 saturated carbocycles. The molecule has 27 heavy (non-hydrogen) atoms. The van der Waals surface area contributed by atoms with Crippen LogP contribution in [0.25, 0.3) is 6.08 Å². The number of anilines is 1. The molecule has 1 aliphatic rings. The Labute approximate surface area is 159 Å². The zero-order chi connectivity index (χ0) is 19.4. The van der Waals surface area contributed by atoms with Crippen molar-refractivity contribution >= 4 is 17.7 Å². The van der Waals surface area contributed by atoms with Gasteiger partial charge in [0.25, 0.3) is 5.91 Å². The Kier molecular flexibility index (Phi) is 5.56. The number of rotatable bonds is 3. The molecule has 2 aromatic carbocycles. The van der Waals surface area contributed by atoms with Crippen molar-refractivity contribution < 1.29 is 9.18 Å². The molecule has 1 fully saturated rings. The van der Waals surface area contributed by atoms with Gasteiger partial charge in [0.2, 0.25) is 0 Å². The van der Waals surface area contributed by atoms with Gasteiger partial charge in [-0.1, -0.05) is 35.9 Å². The Morgan fingerprint density at radius 2 is 1.81 bits per heavy atom. The molecular weight excluding hydrogens is 341 g/mol. The van der Waals surface area contributed by atoms with Crippen molar-refractivity contribution in [3.8, 4) is 6.07 Å². The SMILES string of the molecule is Cc1ccc(/C=C(\C#N)C(=O)N2CCN(c3ccccc3F)CC2)c(C)c1. The molecule has 0 aromatic heterocycles. The number of benzene rings is 2. The Bertz CT molecular complexity index is 921. The van der Waals surface area contributed by atoms with Gasteiger partial charge in [-0.25, -0.2) is 4.39 Å². The van der Waals surface area contributed by atoms with Crippen molar-refractivity contribution in [3.63, 3.8) is 0 Å². The lowest BCUT2D eigenvalue weighted by Gasteiger charge is -2.36. The number of hydrogen-bond donors (Lipinski definition) is 0. The van der Waals surface area contributed by atoms with Gasteiger partial charge in [0, 0.05) is 26.2 Å². The molecule has 0 aliphatic carbocycles. The summed E-state index contributed by atoms with van der Waals surface area (Å²) >= 11 is 0. The van der Waals surface area contributed by atoms with Crippen LogP contribution in [0, 0.1) is 31.0 Å². The normalized spacial score (nSPS) is 14.8. The van der Waals surface area contributed by atoms with Crippen molar-refractivity contribution in [2.45, 2.75) is 13.8 Å². The monoisotopic (exact) mass is 363 g/mol. The Morgan fingerprint density at radius 3 is 2.44 bits per heavy atom. The maximum atomic E-state index is 13.9. The zero-order valence-electron chi connectivity index (χ0n) is 15.6. The molecule has 0 atom stereocenters. The second-order valence-electron chi connectivity index (χ2n) is 6.76. The van der Waals surface area contributed by atoms with Crippen LogP contribution in [0.5, 0.6) is 0 Å². The van der Waals surface area contributed by atoms with Gasteiger partial charge in [-0.15, -0.1) is 0 Å². The van der Waals surface area contributed by atoms with Crippen LogP contribution < -0.4 is 4.90 Å². The maximum absolute atomic E-state index is 13.9. The fraction of sp³-hybridized carbons (Fsp3) is 0.273.